The fourth-order valence-electron chi connectivity index (χ4n) is 10.2. The van der Waals surface area contributed by atoms with E-state index in [1.807, 2.05) is 133 Å². The van der Waals surface area contributed by atoms with Gasteiger partial charge in [0.2, 0.25) is 0 Å². The van der Waals surface area contributed by atoms with Crippen LogP contribution in [0.3, 0.4) is 0 Å². The molecule has 21 nitrogen and oxygen atoms in total. The molecule has 99 heavy (non-hydrogen) atoms. The van der Waals surface area contributed by atoms with Gasteiger partial charge in [-0.3, -0.25) is 45.4 Å². The van der Waals surface area contributed by atoms with Crippen molar-refractivity contribution in [3.63, 3.8) is 0 Å². The molecule has 0 bridgehead atoms. The number of furan rings is 1. The first kappa shape index (κ1) is 88.4. The smallest absolute Gasteiger partial charge is 0.265 e. The molecule has 1 aromatic heterocycles. The van der Waals surface area contributed by atoms with Crippen LogP contribution in [0.5, 0.6) is 0 Å². The summed E-state index contributed by atoms with van der Waals surface area (Å²) in [5, 5.41) is 0. The Morgan fingerprint density at radius 3 is 1.37 bits per heavy atom. The molecule has 6 rings (SSSR count). The Balaban J connectivity index is 0.000000421. The molecule has 0 N–H and O–H groups in total. The van der Waals surface area contributed by atoms with Crippen LogP contribution in [-0.2, 0) is 104 Å². The van der Waals surface area contributed by atoms with Crippen LogP contribution in [0.2, 0.25) is 0 Å². The maximum Gasteiger partial charge on any atom is 0.265 e. The summed E-state index contributed by atoms with van der Waals surface area (Å²) in [6.45, 7) is 10.0. The fraction of sp³-hybridized carbons (Fsp3) is 0.479. The lowest BCUT2D eigenvalue weighted by atomic mass is 9.87. The molecule has 6 unspecified atom stereocenters. The summed E-state index contributed by atoms with van der Waals surface area (Å²) in [6.07, 6.45) is 39.2. The fourth-order valence-corrected chi connectivity index (χ4v) is 12.7. The van der Waals surface area contributed by atoms with E-state index in [1.165, 1.54) is 16.7 Å². The minimum Gasteiger partial charge on any atom is -0.469 e. The summed E-state index contributed by atoms with van der Waals surface area (Å²) in [7, 11) is -13.6. The van der Waals surface area contributed by atoms with Gasteiger partial charge >= 0.3 is 0 Å². The van der Waals surface area contributed by atoms with E-state index >= 15 is 0 Å². The molecule has 4 aromatic carbocycles. The van der Waals surface area contributed by atoms with Crippen molar-refractivity contribution in [2.45, 2.75) is 109 Å². The Morgan fingerprint density at radius 1 is 0.485 bits per heavy atom. The zero-order chi connectivity index (χ0) is 74.1. The third-order valence-electron chi connectivity index (χ3n) is 15.2. The molecule has 0 saturated carbocycles. The van der Waals surface area contributed by atoms with Gasteiger partial charge in [0.1, 0.15) is 12.0 Å². The van der Waals surface area contributed by atoms with Crippen LogP contribution in [0.1, 0.15) is 79.7 Å². The van der Waals surface area contributed by atoms with Crippen LogP contribution >= 0.6 is 0 Å². The van der Waals surface area contributed by atoms with E-state index in [-0.39, 0.29) is 44.0 Å². The van der Waals surface area contributed by atoms with Crippen LogP contribution in [0.4, 0.5) is 0 Å². The zero-order valence-electron chi connectivity index (χ0n) is 58.8. The molecule has 0 radical (unpaired) electrons. The summed E-state index contributed by atoms with van der Waals surface area (Å²) >= 11 is 0. The number of rotatable bonds is 36. The Hall–Kier alpha value is -6.69. The van der Waals surface area contributed by atoms with Crippen molar-refractivity contribution < 1.29 is 67.4 Å². The van der Waals surface area contributed by atoms with Crippen molar-refractivity contribution in [2.24, 2.45) is 0 Å². The van der Waals surface area contributed by atoms with Gasteiger partial charge in [-0.1, -0.05) is 145 Å². The molecule has 1 aliphatic rings. The van der Waals surface area contributed by atoms with Gasteiger partial charge in [-0.25, -0.2) is 0 Å². The van der Waals surface area contributed by atoms with Gasteiger partial charge in [0.15, 0.2) is 0 Å². The number of benzene rings is 4. The Kier molecular flexibility index (Phi) is 41.7. The van der Waals surface area contributed by atoms with Crippen LogP contribution in [0.25, 0.3) is 0 Å². The summed E-state index contributed by atoms with van der Waals surface area (Å²) in [5.74, 6) is 13.7. The summed E-state index contributed by atoms with van der Waals surface area (Å²) in [6, 6.07) is 42.2. The highest BCUT2D eigenvalue weighted by Crippen LogP contribution is 2.34. The maximum atomic E-state index is 11.4. The van der Waals surface area contributed by atoms with Gasteiger partial charge in [0.25, 0.3) is 50.6 Å². The lowest BCUT2D eigenvalue weighted by molar-refractivity contribution is 0.0549. The summed E-state index contributed by atoms with van der Waals surface area (Å²) in [5.41, 5.74) is 6.06. The lowest BCUT2D eigenvalue weighted by Crippen LogP contribution is -2.42. The highest BCUT2D eigenvalue weighted by molar-refractivity contribution is 7.86. The number of terminal acetylenes is 5. The molecule has 0 fully saturated rings. The molecule has 0 saturated heterocycles. The summed E-state index contributed by atoms with van der Waals surface area (Å²) in [4.78, 5) is 9.76. The first-order valence-electron chi connectivity index (χ1n) is 31.9. The van der Waals surface area contributed by atoms with Gasteiger partial charge in [0.05, 0.1) is 96.2 Å². The minimum absolute atomic E-state index is 0.100. The number of hydrogen-bond acceptors (Lipinski definition) is 21. The Labute approximate surface area is 593 Å². The molecule has 1 heterocycles. The molecule has 26 heteroatoms. The third kappa shape index (κ3) is 41.6. The van der Waals surface area contributed by atoms with E-state index in [0.29, 0.717) is 71.6 Å². The van der Waals surface area contributed by atoms with Crippen LogP contribution < -0.4 is 0 Å². The van der Waals surface area contributed by atoms with E-state index < -0.39 is 62.9 Å². The Bertz CT molecular complexity index is 3910. The second-order valence-corrected chi connectivity index (χ2v) is 31.8. The van der Waals surface area contributed by atoms with Crippen molar-refractivity contribution in [2.75, 3.05) is 118 Å². The largest absolute Gasteiger partial charge is 0.469 e. The molecular formula is C73H101N5O16S5. The molecule has 0 spiro atoms. The van der Waals surface area contributed by atoms with E-state index in [1.54, 1.807) is 18.2 Å². The highest BCUT2D eigenvalue weighted by Gasteiger charge is 2.28. The van der Waals surface area contributed by atoms with E-state index in [2.05, 4.69) is 71.8 Å². The second-order valence-electron chi connectivity index (χ2n) is 23.7. The maximum absolute atomic E-state index is 11.4. The molecular weight excluding hydrogens is 1360 g/mol. The van der Waals surface area contributed by atoms with Crippen molar-refractivity contribution in [3.05, 3.63) is 167 Å². The summed E-state index contributed by atoms with van der Waals surface area (Å²) < 4.78 is 141. The SMILES string of the molecule is C#CCN(C)C(C)C(Cc1ccccc1)OS(C)(=O)=O.C#CCN(C)C(CCc1ccccc1)OS(C)(=O)=O.C#CCN(CCOS(C)(=O)=O)C(C)Cc1ccccc1.C#CCN(CCOS(C)(=O)=O)C(C)Cc1ccco1.C#CCN(CCOS(C)(=O)=O)C1CCCc2ccccc21. The standard InChI is InChI=1S/C16H21NO3S.2C15H21NO3S.C14H19NO3S.C13H19NO4S/c1-3-11-17(12-13-20-21(2,18)19)16-10-6-8-14-7-4-5-9-15(14)16;1-5-11-16(3)13(2)15(19-20(4,17)18)12-14-9-7-6-8-10-14;1-4-10-16(11-12-19-20(3,17)18)14(2)13-15-8-6-5-7-9-15;1-4-12-15(2)14(18-19(3,16)17)11-10-13-8-6-5-7-9-13;1-4-7-14(8-10-18-19(3,15)16)12(2)11-13-6-5-9-17-13/h1,4-5,7,9,16H,6,8,10-13H2,2H3;1,6-10,13,15H,11-12H2,2-4H3;1,5-9,14H,10-13H2,2-3H3;1,5-9,14H,10-12H2,2-3H3;1,5-6,9,12H,7-8,10-11H2,2-3H3. The molecule has 5 aromatic rings. The van der Waals surface area contributed by atoms with E-state index in [9.17, 15) is 42.1 Å². The topological polar surface area (TPSA) is 246 Å². The lowest BCUT2D eigenvalue weighted by Gasteiger charge is -2.34. The molecule has 0 amide bonds. The molecule has 0 aliphatic heterocycles. The predicted molar refractivity (Wildman–Crippen MR) is 394 cm³/mol. The number of fused-ring (bicyclic) bond motifs is 1. The van der Waals surface area contributed by atoms with Gasteiger partial charge in [-0.05, 0) is 113 Å². The molecule has 6 atom stereocenters. The normalized spacial score (nSPS) is 14.6. The zero-order valence-corrected chi connectivity index (χ0v) is 62.9. The van der Waals surface area contributed by atoms with Crippen LogP contribution in [0, 0.1) is 61.7 Å². The van der Waals surface area contributed by atoms with Crippen molar-refractivity contribution in [3.8, 4) is 61.7 Å². The average Bonchev–Trinajstić information content (AvgIpc) is 1.12. The monoisotopic (exact) mass is 1460 g/mol. The second kappa shape index (κ2) is 46.7. The van der Waals surface area contributed by atoms with Crippen molar-refractivity contribution >= 4 is 50.6 Å². The highest BCUT2D eigenvalue weighted by atomic mass is 32.2. The average molecular weight is 1460 g/mol. The van der Waals surface area contributed by atoms with Crippen molar-refractivity contribution in [1.29, 1.82) is 0 Å². The van der Waals surface area contributed by atoms with Gasteiger partial charge in [-0.2, -0.15) is 42.1 Å². The first-order valence-corrected chi connectivity index (χ1v) is 41.0. The first-order chi connectivity index (χ1) is 46.6. The number of nitrogens with zero attached hydrogens (tertiary/aromatic N) is 5. The number of likely N-dealkylation sites (N-methyl/N-ethyl adjacent to an activating group) is 1. The van der Waals surface area contributed by atoms with Crippen molar-refractivity contribution in [1.82, 2.24) is 24.5 Å². The molecule has 1 aliphatic carbocycles. The quantitative estimate of drug-likeness (QED) is 0.0212. The van der Waals surface area contributed by atoms with Gasteiger partial charge < -0.3 is 4.42 Å². The Morgan fingerprint density at radius 2 is 0.919 bits per heavy atom. The van der Waals surface area contributed by atoms with Crippen LogP contribution in [-0.4, -0.2) is 215 Å². The van der Waals surface area contributed by atoms with Crippen LogP contribution in [0.15, 0.2) is 138 Å². The molecule has 544 valence electrons. The van der Waals surface area contributed by atoms with Gasteiger partial charge in [0, 0.05) is 56.6 Å². The predicted octanol–water partition coefficient (Wildman–Crippen LogP) is 7.64. The third-order valence-corrected chi connectivity index (χ3v) is 18.1. The number of hydrogen-bond donors (Lipinski definition) is 0. The number of aryl methyl sites for hydroxylation is 2. The van der Waals surface area contributed by atoms with E-state index in [4.69, 9.17) is 57.4 Å². The van der Waals surface area contributed by atoms with Gasteiger partial charge in [-0.15, -0.1) is 32.1 Å². The minimum atomic E-state index is -3.52. The van der Waals surface area contributed by atoms with E-state index in [0.717, 1.165) is 80.3 Å².